The Morgan fingerprint density at radius 1 is 0.424 bits per heavy atom. The lowest BCUT2D eigenvalue weighted by molar-refractivity contribution is -0.697. The lowest BCUT2D eigenvalue weighted by atomic mass is 10.0. The number of aromatic nitrogens is 1. The van der Waals surface area contributed by atoms with Crippen LogP contribution in [0.15, 0.2) is 24.5 Å². The molecule has 0 unspecified atom stereocenters. The molecule has 33 heavy (non-hydrogen) atoms. The third-order valence-electron chi connectivity index (χ3n) is 7.30. The van der Waals surface area contributed by atoms with Gasteiger partial charge in [-0.2, -0.15) is 0 Å². The minimum Gasteiger partial charge on any atom is -0.205 e. The maximum Gasteiger partial charge on any atom is 0.169 e. The van der Waals surface area contributed by atoms with Gasteiger partial charge < -0.3 is 0 Å². The Bertz CT molecular complexity index is 492. The zero-order chi connectivity index (χ0) is 23.7. The number of hydrogen-bond acceptors (Lipinski definition) is 0. The molecule has 0 amide bonds. The Morgan fingerprint density at radius 2 is 0.758 bits per heavy atom. The van der Waals surface area contributed by atoms with Crippen LogP contribution in [-0.2, 0) is 13.0 Å². The quantitative estimate of drug-likeness (QED) is 0.101. The summed E-state index contributed by atoms with van der Waals surface area (Å²) in [5.41, 5.74) is 1.53. The van der Waals surface area contributed by atoms with Gasteiger partial charge >= 0.3 is 0 Å². The number of hydrogen-bond donors (Lipinski definition) is 0. The van der Waals surface area contributed by atoms with E-state index in [1.54, 1.807) is 0 Å². The molecule has 0 radical (unpaired) electrons. The van der Waals surface area contributed by atoms with Crippen LogP contribution in [0.4, 0.5) is 0 Å². The fourth-order valence-corrected chi connectivity index (χ4v) is 4.93. The second-order valence-electron chi connectivity index (χ2n) is 10.6. The van der Waals surface area contributed by atoms with E-state index in [4.69, 9.17) is 0 Å². The molecule has 0 spiro atoms. The van der Waals surface area contributed by atoms with Gasteiger partial charge in [0.25, 0.3) is 0 Å². The molecule has 0 aliphatic rings. The second-order valence-corrected chi connectivity index (χ2v) is 10.6. The molecule has 192 valence electrons. The van der Waals surface area contributed by atoms with Crippen LogP contribution in [0.2, 0.25) is 0 Å². The second kappa shape index (κ2) is 24.3. The molecular weight excluding hydrogens is 398 g/mol. The molecule has 1 rings (SSSR count). The Balaban J connectivity index is 1.88. The number of nitrogens with zero attached hydrogens (tertiary/aromatic N) is 1. The first kappa shape index (κ1) is 30.2. The van der Waals surface area contributed by atoms with E-state index < -0.39 is 0 Å². The molecular formula is C32H60N+. The summed E-state index contributed by atoms with van der Waals surface area (Å²) in [4.78, 5) is 0. The maximum absolute atomic E-state index is 2.39. The van der Waals surface area contributed by atoms with Gasteiger partial charge in [0.05, 0.1) is 0 Å². The highest BCUT2D eigenvalue weighted by Gasteiger charge is 2.02. The van der Waals surface area contributed by atoms with Crippen molar-refractivity contribution in [1.82, 2.24) is 0 Å². The summed E-state index contributed by atoms with van der Waals surface area (Å²) in [6, 6.07) is 4.72. The van der Waals surface area contributed by atoms with Gasteiger partial charge in [-0.1, -0.05) is 142 Å². The highest BCUT2D eigenvalue weighted by molar-refractivity contribution is 5.07. The SMILES string of the molecule is CCCCCCCCCCCCCCc1cc[n+](CCCCCCCCCCCCC)cc1. The average molecular weight is 459 g/mol. The summed E-state index contributed by atoms with van der Waals surface area (Å²) in [5.74, 6) is 0. The third-order valence-corrected chi connectivity index (χ3v) is 7.30. The fraction of sp³-hybridized carbons (Fsp3) is 0.844. The standard InChI is InChI=1S/C32H60N/c1-3-5-7-9-11-13-15-16-18-20-22-24-26-32-27-30-33(31-28-32)29-25-23-21-19-17-14-12-10-8-6-4-2/h27-28,30-31H,3-26,29H2,1-2H3/q+1. The molecule has 1 heteroatoms. The van der Waals surface area contributed by atoms with Gasteiger partial charge in [-0.05, 0) is 24.8 Å². The van der Waals surface area contributed by atoms with Crippen LogP contribution in [0.25, 0.3) is 0 Å². The van der Waals surface area contributed by atoms with Crippen LogP contribution in [0, 0.1) is 0 Å². The Labute approximate surface area is 209 Å². The molecule has 1 heterocycles. The first-order valence-corrected chi connectivity index (χ1v) is 15.3. The summed E-state index contributed by atoms with van der Waals surface area (Å²) in [5, 5.41) is 0. The summed E-state index contributed by atoms with van der Waals surface area (Å²) >= 11 is 0. The molecule has 1 aromatic heterocycles. The first-order chi connectivity index (χ1) is 16.4. The van der Waals surface area contributed by atoms with Crippen LogP contribution in [-0.4, -0.2) is 0 Å². The molecule has 0 bridgehead atoms. The fourth-order valence-electron chi connectivity index (χ4n) is 4.93. The molecule has 0 aromatic carbocycles. The molecule has 0 fully saturated rings. The van der Waals surface area contributed by atoms with E-state index in [0.717, 1.165) is 0 Å². The maximum atomic E-state index is 2.39. The van der Waals surface area contributed by atoms with Gasteiger partial charge in [0.1, 0.15) is 6.54 Å². The van der Waals surface area contributed by atoms with Crippen LogP contribution in [0.5, 0.6) is 0 Å². The lowest BCUT2D eigenvalue weighted by Crippen LogP contribution is -2.32. The normalized spacial score (nSPS) is 11.3. The number of pyridine rings is 1. The van der Waals surface area contributed by atoms with Gasteiger partial charge in [0, 0.05) is 18.6 Å². The topological polar surface area (TPSA) is 3.88 Å². The zero-order valence-corrected chi connectivity index (χ0v) is 22.9. The van der Waals surface area contributed by atoms with Crippen molar-refractivity contribution in [2.75, 3.05) is 0 Å². The first-order valence-electron chi connectivity index (χ1n) is 15.3. The number of aryl methyl sites for hydroxylation is 2. The summed E-state index contributed by atoms with van der Waals surface area (Å²) in [6.45, 7) is 5.79. The highest BCUT2D eigenvalue weighted by atomic mass is 14.9. The molecule has 0 saturated heterocycles. The monoisotopic (exact) mass is 458 g/mol. The molecule has 1 aromatic rings. The van der Waals surface area contributed by atoms with Crippen molar-refractivity contribution in [3.05, 3.63) is 30.1 Å². The predicted octanol–water partition coefficient (Wildman–Crippen LogP) is 10.5. The van der Waals surface area contributed by atoms with Crippen molar-refractivity contribution in [2.24, 2.45) is 0 Å². The minimum atomic E-state index is 1.19. The van der Waals surface area contributed by atoms with Crippen LogP contribution >= 0.6 is 0 Å². The van der Waals surface area contributed by atoms with E-state index in [1.165, 1.54) is 166 Å². The van der Waals surface area contributed by atoms with Gasteiger partial charge in [-0.3, -0.25) is 0 Å². The molecule has 0 saturated carbocycles. The van der Waals surface area contributed by atoms with E-state index in [-0.39, 0.29) is 0 Å². The summed E-state index contributed by atoms with van der Waals surface area (Å²) in [7, 11) is 0. The molecule has 0 aliphatic heterocycles. The summed E-state index contributed by atoms with van der Waals surface area (Å²) < 4.78 is 2.39. The van der Waals surface area contributed by atoms with Gasteiger partial charge in [-0.15, -0.1) is 0 Å². The van der Waals surface area contributed by atoms with Crippen LogP contribution in [0.1, 0.15) is 167 Å². The molecule has 0 N–H and O–H groups in total. The molecule has 0 atom stereocenters. The summed E-state index contributed by atoms with van der Waals surface area (Å²) in [6.07, 6.45) is 38.7. The van der Waals surface area contributed by atoms with Gasteiger partial charge in [0.2, 0.25) is 0 Å². The lowest BCUT2D eigenvalue weighted by Gasteiger charge is -2.04. The Kier molecular flexibility index (Phi) is 22.2. The van der Waals surface area contributed by atoms with Crippen LogP contribution < -0.4 is 4.57 Å². The Hall–Kier alpha value is -0.850. The number of unbranched alkanes of at least 4 members (excludes halogenated alkanes) is 21. The molecule has 0 aliphatic carbocycles. The Morgan fingerprint density at radius 3 is 1.15 bits per heavy atom. The minimum absolute atomic E-state index is 1.19. The number of rotatable bonds is 25. The predicted molar refractivity (Wildman–Crippen MR) is 148 cm³/mol. The van der Waals surface area contributed by atoms with E-state index in [1.807, 2.05) is 0 Å². The van der Waals surface area contributed by atoms with E-state index in [2.05, 4.69) is 42.9 Å². The van der Waals surface area contributed by atoms with Crippen molar-refractivity contribution in [2.45, 2.75) is 174 Å². The largest absolute Gasteiger partial charge is 0.205 e. The zero-order valence-electron chi connectivity index (χ0n) is 22.9. The van der Waals surface area contributed by atoms with E-state index in [9.17, 15) is 0 Å². The highest BCUT2D eigenvalue weighted by Crippen LogP contribution is 2.13. The van der Waals surface area contributed by atoms with Crippen molar-refractivity contribution in [3.63, 3.8) is 0 Å². The smallest absolute Gasteiger partial charge is 0.169 e. The van der Waals surface area contributed by atoms with Crippen LogP contribution in [0.3, 0.4) is 0 Å². The van der Waals surface area contributed by atoms with Gasteiger partial charge in [0.15, 0.2) is 12.4 Å². The molecule has 1 nitrogen and oxygen atoms in total. The van der Waals surface area contributed by atoms with Crippen molar-refractivity contribution in [3.8, 4) is 0 Å². The van der Waals surface area contributed by atoms with Crippen molar-refractivity contribution in [1.29, 1.82) is 0 Å². The average Bonchev–Trinajstić information content (AvgIpc) is 2.84. The van der Waals surface area contributed by atoms with Crippen molar-refractivity contribution >= 4 is 0 Å². The van der Waals surface area contributed by atoms with E-state index in [0.29, 0.717) is 0 Å². The van der Waals surface area contributed by atoms with E-state index >= 15 is 0 Å². The third kappa shape index (κ3) is 20.3. The van der Waals surface area contributed by atoms with Crippen molar-refractivity contribution < 1.29 is 4.57 Å². The van der Waals surface area contributed by atoms with Gasteiger partial charge in [-0.25, -0.2) is 4.57 Å².